The number of nitrogens with one attached hydrogen (secondary N) is 1. The monoisotopic (exact) mass is 388 g/mol. The molecular weight excluding hydrogens is 364 g/mol. The summed E-state index contributed by atoms with van der Waals surface area (Å²) in [5.74, 6) is -1.07. The van der Waals surface area contributed by atoms with Gasteiger partial charge in [-0.2, -0.15) is 0 Å². The molecule has 0 aromatic heterocycles. The molecule has 3 aromatic carbocycles. The van der Waals surface area contributed by atoms with Crippen molar-refractivity contribution in [2.24, 2.45) is 0 Å². The van der Waals surface area contributed by atoms with E-state index in [0.29, 0.717) is 12.1 Å². The topological polar surface area (TPSA) is 69.6 Å². The summed E-state index contributed by atoms with van der Waals surface area (Å²) >= 11 is 0. The average molecular weight is 388 g/mol. The predicted molar refractivity (Wildman–Crippen MR) is 114 cm³/mol. The molecule has 0 unspecified atom stereocenters. The Balaban J connectivity index is 1.85. The minimum Gasteiger partial charge on any atom is -0.480 e. The smallest absolute Gasteiger partial charge is 0.323 e. The maximum Gasteiger partial charge on any atom is 0.323 e. The maximum absolute atomic E-state index is 13.1. The number of hydrogen-bond acceptors (Lipinski definition) is 2. The number of aryl methyl sites for hydroxylation is 1. The SMILES string of the molecule is Cc1ccc(C[C@H](NC(=O)N(CC(=O)O)c2ccccc2)c2ccccc2)cc1. The van der Waals surface area contributed by atoms with E-state index in [1.165, 1.54) is 10.5 Å². The van der Waals surface area contributed by atoms with Crippen molar-refractivity contribution in [1.29, 1.82) is 0 Å². The van der Waals surface area contributed by atoms with Crippen LogP contribution in [0.4, 0.5) is 10.5 Å². The predicted octanol–water partition coefficient (Wildman–Crippen LogP) is 4.58. The molecule has 0 aliphatic rings. The number of anilines is 1. The van der Waals surface area contributed by atoms with Crippen molar-refractivity contribution in [2.45, 2.75) is 19.4 Å². The number of carboxylic acids is 1. The van der Waals surface area contributed by atoms with Gasteiger partial charge in [-0.25, -0.2) is 4.79 Å². The maximum atomic E-state index is 13.1. The van der Waals surface area contributed by atoms with Gasteiger partial charge < -0.3 is 10.4 Å². The molecule has 0 fully saturated rings. The van der Waals surface area contributed by atoms with Gasteiger partial charge in [-0.05, 0) is 36.6 Å². The van der Waals surface area contributed by atoms with Gasteiger partial charge in [-0.15, -0.1) is 0 Å². The minimum atomic E-state index is -1.07. The van der Waals surface area contributed by atoms with Gasteiger partial charge in [0.2, 0.25) is 0 Å². The van der Waals surface area contributed by atoms with Gasteiger partial charge in [-0.3, -0.25) is 9.69 Å². The molecule has 0 aliphatic heterocycles. The molecule has 148 valence electrons. The Kier molecular flexibility index (Phi) is 6.63. The number of para-hydroxylation sites is 1. The van der Waals surface area contributed by atoms with Crippen LogP contribution in [0.1, 0.15) is 22.7 Å². The van der Waals surface area contributed by atoms with Gasteiger partial charge in [0.1, 0.15) is 6.54 Å². The quantitative estimate of drug-likeness (QED) is 0.622. The highest BCUT2D eigenvalue weighted by atomic mass is 16.4. The molecule has 0 heterocycles. The number of nitrogens with zero attached hydrogens (tertiary/aromatic N) is 1. The third kappa shape index (κ3) is 5.69. The van der Waals surface area contributed by atoms with Crippen molar-refractivity contribution in [3.05, 3.63) is 102 Å². The molecule has 0 bridgehead atoms. The Hall–Kier alpha value is -3.60. The van der Waals surface area contributed by atoms with E-state index in [4.69, 9.17) is 0 Å². The lowest BCUT2D eigenvalue weighted by molar-refractivity contribution is -0.135. The molecule has 3 rings (SSSR count). The van der Waals surface area contributed by atoms with Crippen molar-refractivity contribution in [1.82, 2.24) is 5.32 Å². The number of hydrogen-bond donors (Lipinski definition) is 2. The molecule has 0 saturated heterocycles. The number of carbonyl (C=O) groups is 2. The van der Waals surface area contributed by atoms with Crippen LogP contribution < -0.4 is 10.2 Å². The van der Waals surface area contributed by atoms with Crippen LogP contribution >= 0.6 is 0 Å². The number of benzene rings is 3. The van der Waals surface area contributed by atoms with Crippen LogP contribution in [0.15, 0.2) is 84.9 Å². The molecule has 0 aliphatic carbocycles. The summed E-state index contributed by atoms with van der Waals surface area (Å²) < 4.78 is 0. The second-order valence-electron chi connectivity index (χ2n) is 6.92. The summed E-state index contributed by atoms with van der Waals surface area (Å²) in [5, 5.41) is 12.3. The Morgan fingerprint density at radius 3 is 2.07 bits per heavy atom. The number of carboxylic acid groups (broad SMARTS) is 1. The summed E-state index contributed by atoms with van der Waals surface area (Å²) in [6.07, 6.45) is 0.603. The van der Waals surface area contributed by atoms with Crippen LogP contribution in [-0.4, -0.2) is 23.7 Å². The standard InChI is InChI=1S/C24H24N2O3/c1-18-12-14-19(15-13-18)16-22(20-8-4-2-5-9-20)25-24(29)26(17-23(27)28)21-10-6-3-7-11-21/h2-15,22H,16-17H2,1H3,(H,25,29)(H,27,28)/t22-/m0/s1. The van der Waals surface area contributed by atoms with Crippen molar-refractivity contribution in [3.63, 3.8) is 0 Å². The summed E-state index contributed by atoms with van der Waals surface area (Å²) in [7, 11) is 0. The van der Waals surface area contributed by atoms with E-state index >= 15 is 0 Å². The van der Waals surface area contributed by atoms with Gasteiger partial charge in [0.15, 0.2) is 0 Å². The van der Waals surface area contributed by atoms with Crippen LogP contribution in [0.2, 0.25) is 0 Å². The van der Waals surface area contributed by atoms with Gasteiger partial charge in [-0.1, -0.05) is 78.4 Å². The van der Waals surface area contributed by atoms with E-state index in [2.05, 4.69) is 5.32 Å². The van der Waals surface area contributed by atoms with Crippen LogP contribution in [-0.2, 0) is 11.2 Å². The highest BCUT2D eigenvalue weighted by molar-refractivity contribution is 5.96. The minimum absolute atomic E-state index is 0.286. The Morgan fingerprint density at radius 2 is 1.48 bits per heavy atom. The van der Waals surface area contributed by atoms with Crippen molar-refractivity contribution >= 4 is 17.7 Å². The largest absolute Gasteiger partial charge is 0.480 e. The van der Waals surface area contributed by atoms with E-state index in [1.54, 1.807) is 24.3 Å². The first-order chi connectivity index (χ1) is 14.0. The number of urea groups is 1. The molecule has 5 heteroatoms. The van der Waals surface area contributed by atoms with Crippen molar-refractivity contribution in [2.75, 3.05) is 11.4 Å². The summed E-state index contributed by atoms with van der Waals surface area (Å²) in [5.41, 5.74) is 3.76. The molecule has 0 radical (unpaired) electrons. The highest BCUT2D eigenvalue weighted by Gasteiger charge is 2.22. The van der Waals surface area contributed by atoms with Gasteiger partial charge in [0.05, 0.1) is 6.04 Å². The molecule has 5 nitrogen and oxygen atoms in total. The van der Waals surface area contributed by atoms with E-state index in [1.807, 2.05) is 67.6 Å². The first-order valence-corrected chi connectivity index (χ1v) is 9.48. The van der Waals surface area contributed by atoms with Gasteiger partial charge in [0.25, 0.3) is 0 Å². The van der Waals surface area contributed by atoms with Gasteiger partial charge in [0, 0.05) is 5.69 Å². The van der Waals surface area contributed by atoms with E-state index < -0.39 is 18.5 Å². The van der Waals surface area contributed by atoms with E-state index in [9.17, 15) is 14.7 Å². The Bertz CT molecular complexity index is 941. The van der Waals surface area contributed by atoms with Crippen LogP contribution in [0.3, 0.4) is 0 Å². The number of rotatable bonds is 7. The van der Waals surface area contributed by atoms with E-state index in [0.717, 1.165) is 11.1 Å². The fourth-order valence-corrected chi connectivity index (χ4v) is 3.15. The normalized spacial score (nSPS) is 11.5. The molecule has 3 aromatic rings. The van der Waals surface area contributed by atoms with Crippen LogP contribution in [0.25, 0.3) is 0 Å². The second-order valence-corrected chi connectivity index (χ2v) is 6.92. The van der Waals surface area contributed by atoms with Crippen LogP contribution in [0.5, 0.6) is 0 Å². The lowest BCUT2D eigenvalue weighted by Crippen LogP contribution is -2.44. The number of aliphatic carboxylic acids is 1. The molecule has 29 heavy (non-hydrogen) atoms. The Labute approximate surface area is 170 Å². The van der Waals surface area contributed by atoms with Crippen molar-refractivity contribution in [3.8, 4) is 0 Å². The number of carbonyl (C=O) groups excluding carboxylic acids is 1. The van der Waals surface area contributed by atoms with Gasteiger partial charge >= 0.3 is 12.0 Å². The summed E-state index contributed by atoms with van der Waals surface area (Å²) in [6.45, 7) is 1.62. The van der Waals surface area contributed by atoms with Crippen molar-refractivity contribution < 1.29 is 14.7 Å². The van der Waals surface area contributed by atoms with Crippen LogP contribution in [0, 0.1) is 6.92 Å². The fourth-order valence-electron chi connectivity index (χ4n) is 3.15. The first kappa shape index (κ1) is 20.1. The third-order valence-electron chi connectivity index (χ3n) is 4.67. The fraction of sp³-hybridized carbons (Fsp3) is 0.167. The Morgan fingerprint density at radius 1 is 0.897 bits per heavy atom. The molecule has 2 N–H and O–H groups in total. The third-order valence-corrected chi connectivity index (χ3v) is 4.67. The molecule has 2 amide bonds. The van der Waals surface area contributed by atoms with E-state index in [-0.39, 0.29) is 6.04 Å². The molecule has 1 atom stereocenters. The highest BCUT2D eigenvalue weighted by Crippen LogP contribution is 2.21. The first-order valence-electron chi connectivity index (χ1n) is 9.48. The zero-order valence-electron chi connectivity index (χ0n) is 16.3. The summed E-state index contributed by atoms with van der Waals surface area (Å²) in [6, 6.07) is 26.0. The molecular formula is C24H24N2O3. The average Bonchev–Trinajstić information content (AvgIpc) is 2.74. The zero-order chi connectivity index (χ0) is 20.6. The lowest BCUT2D eigenvalue weighted by Gasteiger charge is -2.26. The number of amides is 2. The molecule has 0 spiro atoms. The second kappa shape index (κ2) is 9.55. The lowest BCUT2D eigenvalue weighted by atomic mass is 9.98. The molecule has 0 saturated carbocycles. The summed E-state index contributed by atoms with van der Waals surface area (Å²) in [4.78, 5) is 25.6. The zero-order valence-corrected chi connectivity index (χ0v) is 16.3.